The lowest BCUT2D eigenvalue weighted by Crippen LogP contribution is -2.09. The third-order valence-electron chi connectivity index (χ3n) is 3.35. The molecule has 0 saturated heterocycles. The zero-order valence-corrected chi connectivity index (χ0v) is 10.2. The fourth-order valence-electron chi connectivity index (χ4n) is 2.05. The third kappa shape index (κ3) is 2.65. The molecule has 0 heterocycles. The number of Topliss-reactive ketones (excluding diaryl/α,β-unsaturated/α-hetero) is 1. The molecule has 2 rings (SSSR count). The van der Waals surface area contributed by atoms with Crippen molar-refractivity contribution in [3.8, 4) is 0 Å². The van der Waals surface area contributed by atoms with Gasteiger partial charge in [0.1, 0.15) is 0 Å². The fourth-order valence-corrected chi connectivity index (χ4v) is 2.19. The van der Waals surface area contributed by atoms with Crippen LogP contribution in [0.5, 0.6) is 0 Å². The molecule has 16 heavy (non-hydrogen) atoms. The first-order valence-electron chi connectivity index (χ1n) is 6.00. The highest BCUT2D eigenvalue weighted by atomic mass is 35.5. The molecule has 0 amide bonds. The average Bonchev–Trinajstić information content (AvgIpc) is 2.24. The second kappa shape index (κ2) is 5.49. The van der Waals surface area contributed by atoms with Crippen LogP contribution in [0.2, 0.25) is 0 Å². The van der Waals surface area contributed by atoms with Gasteiger partial charge < -0.3 is 0 Å². The molecule has 1 saturated carbocycles. The summed E-state index contributed by atoms with van der Waals surface area (Å²) in [5.74, 6) is 1.51. The molecule has 1 fully saturated rings. The Morgan fingerprint density at radius 2 is 1.94 bits per heavy atom. The summed E-state index contributed by atoms with van der Waals surface area (Å²) < 4.78 is 0. The van der Waals surface area contributed by atoms with Gasteiger partial charge in [0.05, 0.1) is 0 Å². The Kier molecular flexibility index (Phi) is 4.00. The van der Waals surface area contributed by atoms with E-state index in [1.54, 1.807) is 0 Å². The van der Waals surface area contributed by atoms with Gasteiger partial charge in [0.15, 0.2) is 5.78 Å². The number of hydrogen-bond donors (Lipinski definition) is 0. The second-order valence-electron chi connectivity index (χ2n) is 4.47. The molecule has 0 atom stereocenters. The predicted octanol–water partition coefficient (Wildman–Crippen LogP) is 4.16. The Bertz CT molecular complexity index is 352. The lowest BCUT2D eigenvalue weighted by molar-refractivity contribution is 0.0982. The Morgan fingerprint density at radius 3 is 2.44 bits per heavy atom. The van der Waals surface area contributed by atoms with E-state index in [1.165, 1.54) is 24.8 Å². The van der Waals surface area contributed by atoms with E-state index in [0.29, 0.717) is 12.3 Å². The van der Waals surface area contributed by atoms with Crippen molar-refractivity contribution in [2.45, 2.75) is 38.0 Å². The lowest BCUT2D eigenvalue weighted by Gasteiger charge is -2.25. The van der Waals surface area contributed by atoms with Gasteiger partial charge in [-0.25, -0.2) is 0 Å². The summed E-state index contributed by atoms with van der Waals surface area (Å²) in [5, 5.41) is 0. The van der Waals surface area contributed by atoms with Crippen molar-refractivity contribution < 1.29 is 4.79 Å². The van der Waals surface area contributed by atoms with Gasteiger partial charge in [-0.15, -0.1) is 11.6 Å². The van der Waals surface area contributed by atoms with Gasteiger partial charge in [-0.2, -0.15) is 0 Å². The number of hydrogen-bond acceptors (Lipinski definition) is 1. The molecule has 0 spiro atoms. The van der Waals surface area contributed by atoms with E-state index in [1.807, 2.05) is 12.1 Å². The highest BCUT2D eigenvalue weighted by Crippen LogP contribution is 2.36. The van der Waals surface area contributed by atoms with Gasteiger partial charge in [0.25, 0.3) is 0 Å². The summed E-state index contributed by atoms with van der Waals surface area (Å²) >= 11 is 5.57. The van der Waals surface area contributed by atoms with Gasteiger partial charge in [0, 0.05) is 17.9 Å². The molecular formula is C14H17ClO. The van der Waals surface area contributed by atoms with Crippen molar-refractivity contribution in [3.63, 3.8) is 0 Å². The zero-order chi connectivity index (χ0) is 11.4. The zero-order valence-electron chi connectivity index (χ0n) is 9.42. The maximum absolute atomic E-state index is 11.7. The predicted molar refractivity (Wildman–Crippen MR) is 67.3 cm³/mol. The van der Waals surface area contributed by atoms with Crippen LogP contribution in [-0.4, -0.2) is 11.7 Å². The molecule has 1 aliphatic rings. The molecule has 0 bridgehead atoms. The van der Waals surface area contributed by atoms with E-state index in [2.05, 4.69) is 12.1 Å². The van der Waals surface area contributed by atoms with Gasteiger partial charge in [-0.05, 0) is 30.7 Å². The summed E-state index contributed by atoms with van der Waals surface area (Å²) in [4.78, 5) is 11.7. The maximum atomic E-state index is 11.7. The molecule has 86 valence electrons. The standard InChI is InChI=1S/C14H17ClO/c15-10-2-5-14(16)13-8-6-12(7-9-13)11-3-1-4-11/h6-9,11H,1-5,10H2. The van der Waals surface area contributed by atoms with Crippen LogP contribution in [0.25, 0.3) is 0 Å². The monoisotopic (exact) mass is 236 g/mol. The van der Waals surface area contributed by atoms with Gasteiger partial charge in [0.2, 0.25) is 0 Å². The number of rotatable bonds is 5. The molecule has 0 aromatic heterocycles. The van der Waals surface area contributed by atoms with Gasteiger partial charge in [-0.3, -0.25) is 4.79 Å². The van der Waals surface area contributed by atoms with Crippen LogP contribution >= 0.6 is 11.6 Å². The number of alkyl halides is 1. The molecular weight excluding hydrogens is 220 g/mol. The minimum absolute atomic E-state index is 0.209. The Labute approximate surface area is 102 Å². The van der Waals surface area contributed by atoms with E-state index >= 15 is 0 Å². The summed E-state index contributed by atoms with van der Waals surface area (Å²) in [6.45, 7) is 0. The minimum Gasteiger partial charge on any atom is -0.294 e. The number of ketones is 1. The number of carbonyl (C=O) groups is 1. The quantitative estimate of drug-likeness (QED) is 0.554. The highest BCUT2D eigenvalue weighted by Gasteiger charge is 2.19. The van der Waals surface area contributed by atoms with E-state index in [9.17, 15) is 4.79 Å². The molecule has 0 unspecified atom stereocenters. The van der Waals surface area contributed by atoms with Crippen LogP contribution in [0, 0.1) is 0 Å². The van der Waals surface area contributed by atoms with Crippen molar-refractivity contribution in [2.75, 3.05) is 5.88 Å². The van der Waals surface area contributed by atoms with Crippen LogP contribution in [-0.2, 0) is 0 Å². The van der Waals surface area contributed by atoms with Gasteiger partial charge >= 0.3 is 0 Å². The smallest absolute Gasteiger partial charge is 0.162 e. The van der Waals surface area contributed by atoms with Crippen molar-refractivity contribution in [1.29, 1.82) is 0 Å². The molecule has 0 N–H and O–H groups in total. The van der Waals surface area contributed by atoms with Crippen LogP contribution < -0.4 is 0 Å². The molecule has 0 aliphatic heterocycles. The van der Waals surface area contributed by atoms with Crippen molar-refractivity contribution in [1.82, 2.24) is 0 Å². The molecule has 1 nitrogen and oxygen atoms in total. The number of benzene rings is 1. The highest BCUT2D eigenvalue weighted by molar-refractivity contribution is 6.18. The number of carbonyl (C=O) groups excluding carboxylic acids is 1. The summed E-state index contributed by atoms with van der Waals surface area (Å²) in [6.07, 6.45) is 5.29. The Balaban J connectivity index is 1.98. The van der Waals surface area contributed by atoms with Gasteiger partial charge in [-0.1, -0.05) is 30.7 Å². The summed E-state index contributed by atoms with van der Waals surface area (Å²) in [6, 6.07) is 8.14. The largest absolute Gasteiger partial charge is 0.294 e. The first-order chi connectivity index (χ1) is 7.81. The maximum Gasteiger partial charge on any atom is 0.162 e. The van der Waals surface area contributed by atoms with E-state index in [-0.39, 0.29) is 5.78 Å². The topological polar surface area (TPSA) is 17.1 Å². The second-order valence-corrected chi connectivity index (χ2v) is 4.84. The Morgan fingerprint density at radius 1 is 1.25 bits per heavy atom. The third-order valence-corrected chi connectivity index (χ3v) is 3.61. The first-order valence-corrected chi connectivity index (χ1v) is 6.54. The fraction of sp³-hybridized carbons (Fsp3) is 0.500. The summed E-state index contributed by atoms with van der Waals surface area (Å²) in [5.41, 5.74) is 2.22. The first kappa shape index (κ1) is 11.7. The van der Waals surface area contributed by atoms with Crippen molar-refractivity contribution >= 4 is 17.4 Å². The molecule has 1 aromatic carbocycles. The SMILES string of the molecule is O=C(CCCCl)c1ccc(C2CCC2)cc1. The van der Waals surface area contributed by atoms with Crippen molar-refractivity contribution in [3.05, 3.63) is 35.4 Å². The van der Waals surface area contributed by atoms with Crippen LogP contribution in [0.1, 0.15) is 53.9 Å². The van der Waals surface area contributed by atoms with Crippen LogP contribution in [0.3, 0.4) is 0 Å². The Hall–Kier alpha value is -0.820. The minimum atomic E-state index is 0.209. The van der Waals surface area contributed by atoms with Crippen LogP contribution in [0.4, 0.5) is 0 Å². The van der Waals surface area contributed by atoms with E-state index in [4.69, 9.17) is 11.6 Å². The molecule has 1 aromatic rings. The molecule has 2 heteroatoms. The van der Waals surface area contributed by atoms with E-state index < -0.39 is 0 Å². The average molecular weight is 237 g/mol. The van der Waals surface area contributed by atoms with E-state index in [0.717, 1.165) is 17.9 Å². The van der Waals surface area contributed by atoms with Crippen LogP contribution in [0.15, 0.2) is 24.3 Å². The molecule has 0 radical (unpaired) electrons. The normalized spacial score (nSPS) is 15.8. The summed E-state index contributed by atoms with van der Waals surface area (Å²) in [7, 11) is 0. The molecule has 1 aliphatic carbocycles. The lowest BCUT2D eigenvalue weighted by atomic mass is 9.80. The number of halogens is 1. The van der Waals surface area contributed by atoms with Crippen molar-refractivity contribution in [2.24, 2.45) is 0 Å².